The standard InChI is InChI=1S/C29H25ClN2O6S/c1-5-37-28(34)25-16(2)31-29-32(26(25)17-10-12-22(35-3)23(14-17)36-4)27(33)24(39-29)15-18-11-13-21(38-18)19-8-6-7-9-20(19)30/h6-15,26H,5H2,1-4H3/b24-15-/t26-/m1/s1. The number of carbonyl (C=O) groups excluding carboxylic acids is 1. The topological polar surface area (TPSA) is 92.3 Å². The molecule has 0 amide bonds. The Hall–Kier alpha value is -4.08. The predicted molar refractivity (Wildman–Crippen MR) is 149 cm³/mol. The Morgan fingerprint density at radius 3 is 2.62 bits per heavy atom. The Morgan fingerprint density at radius 2 is 1.90 bits per heavy atom. The van der Waals surface area contributed by atoms with Crippen LogP contribution in [0.1, 0.15) is 31.2 Å². The van der Waals surface area contributed by atoms with E-state index >= 15 is 0 Å². The van der Waals surface area contributed by atoms with Crippen LogP contribution in [-0.2, 0) is 9.53 Å². The number of thiazole rings is 1. The van der Waals surface area contributed by atoms with Crippen LogP contribution in [-0.4, -0.2) is 31.4 Å². The SMILES string of the molecule is CCOC(=O)C1=C(C)N=c2s/c(=C\c3ccc(-c4ccccc4Cl)o3)c(=O)n2[C@@H]1c1ccc(OC)c(OC)c1. The molecule has 2 aromatic carbocycles. The van der Waals surface area contributed by atoms with Crippen LogP contribution in [0.25, 0.3) is 17.4 Å². The molecule has 0 N–H and O–H groups in total. The first kappa shape index (κ1) is 26.5. The third kappa shape index (κ3) is 4.91. The highest BCUT2D eigenvalue weighted by Gasteiger charge is 2.34. The molecule has 200 valence electrons. The molecular formula is C29H25ClN2O6S. The summed E-state index contributed by atoms with van der Waals surface area (Å²) in [6, 6.07) is 15.5. The second-order valence-corrected chi connectivity index (χ2v) is 10.0. The molecule has 0 fully saturated rings. The van der Waals surface area contributed by atoms with Crippen molar-refractivity contribution in [3.8, 4) is 22.8 Å². The van der Waals surface area contributed by atoms with Crippen molar-refractivity contribution in [3.63, 3.8) is 0 Å². The van der Waals surface area contributed by atoms with Crippen molar-refractivity contribution in [2.75, 3.05) is 20.8 Å². The average molecular weight is 565 g/mol. The number of ether oxygens (including phenoxy) is 3. The second-order valence-electron chi connectivity index (χ2n) is 8.60. The van der Waals surface area contributed by atoms with Gasteiger partial charge < -0.3 is 18.6 Å². The lowest BCUT2D eigenvalue weighted by atomic mass is 9.95. The van der Waals surface area contributed by atoms with Crippen LogP contribution < -0.4 is 24.4 Å². The van der Waals surface area contributed by atoms with E-state index in [-0.39, 0.29) is 17.7 Å². The molecule has 0 saturated carbocycles. The maximum absolute atomic E-state index is 13.8. The summed E-state index contributed by atoms with van der Waals surface area (Å²) < 4.78 is 24.1. The van der Waals surface area contributed by atoms with Gasteiger partial charge >= 0.3 is 5.97 Å². The van der Waals surface area contributed by atoms with Crippen LogP contribution in [0.15, 0.2) is 80.1 Å². The van der Waals surface area contributed by atoms with Crippen LogP contribution in [0.4, 0.5) is 0 Å². The van der Waals surface area contributed by atoms with Gasteiger partial charge in [0.15, 0.2) is 16.3 Å². The van der Waals surface area contributed by atoms with E-state index in [1.165, 1.54) is 23.0 Å². The molecular weight excluding hydrogens is 540 g/mol. The number of hydrogen-bond acceptors (Lipinski definition) is 8. The summed E-state index contributed by atoms with van der Waals surface area (Å²) in [5, 5.41) is 0.565. The van der Waals surface area contributed by atoms with Crippen molar-refractivity contribution in [1.29, 1.82) is 0 Å². The fourth-order valence-corrected chi connectivity index (χ4v) is 5.75. The molecule has 39 heavy (non-hydrogen) atoms. The van der Waals surface area contributed by atoms with Gasteiger partial charge in [0, 0.05) is 11.6 Å². The van der Waals surface area contributed by atoms with E-state index in [4.69, 9.17) is 30.2 Å². The normalized spacial score (nSPS) is 15.1. The monoisotopic (exact) mass is 564 g/mol. The van der Waals surface area contributed by atoms with E-state index in [2.05, 4.69) is 4.99 Å². The Morgan fingerprint density at radius 1 is 1.13 bits per heavy atom. The minimum Gasteiger partial charge on any atom is -0.493 e. The zero-order chi connectivity index (χ0) is 27.7. The number of fused-ring (bicyclic) bond motifs is 1. The zero-order valence-corrected chi connectivity index (χ0v) is 23.3. The van der Waals surface area contributed by atoms with E-state index in [1.807, 2.05) is 18.2 Å². The molecule has 1 aliphatic heterocycles. The van der Waals surface area contributed by atoms with Crippen molar-refractivity contribution in [1.82, 2.24) is 4.57 Å². The van der Waals surface area contributed by atoms with Gasteiger partial charge in [-0.05, 0) is 55.8 Å². The number of carbonyl (C=O) groups is 1. The fourth-order valence-electron chi connectivity index (χ4n) is 4.50. The van der Waals surface area contributed by atoms with Crippen LogP contribution >= 0.6 is 22.9 Å². The number of furan rings is 1. The molecule has 0 aliphatic carbocycles. The molecule has 10 heteroatoms. The number of aromatic nitrogens is 1. The van der Waals surface area contributed by atoms with Crippen LogP contribution in [0, 0.1) is 0 Å². The average Bonchev–Trinajstić information content (AvgIpc) is 3.52. The molecule has 1 aliphatic rings. The number of rotatable bonds is 7. The summed E-state index contributed by atoms with van der Waals surface area (Å²) in [6.07, 6.45) is 1.67. The Bertz CT molecular complexity index is 1780. The number of hydrogen-bond donors (Lipinski definition) is 0. The first-order valence-electron chi connectivity index (χ1n) is 12.1. The van der Waals surface area contributed by atoms with Gasteiger partial charge in [-0.2, -0.15) is 0 Å². The van der Waals surface area contributed by atoms with Gasteiger partial charge in [-0.1, -0.05) is 41.1 Å². The summed E-state index contributed by atoms with van der Waals surface area (Å²) in [7, 11) is 3.07. The molecule has 1 atom stereocenters. The predicted octanol–water partition coefficient (Wildman–Crippen LogP) is 4.73. The van der Waals surface area contributed by atoms with Crippen molar-refractivity contribution in [2.24, 2.45) is 4.99 Å². The number of allylic oxidation sites excluding steroid dienone is 1. The number of benzene rings is 2. The molecule has 4 aromatic rings. The summed E-state index contributed by atoms with van der Waals surface area (Å²) >= 11 is 7.53. The minimum atomic E-state index is -0.780. The van der Waals surface area contributed by atoms with Gasteiger partial charge in [-0.3, -0.25) is 9.36 Å². The molecule has 0 spiro atoms. The van der Waals surface area contributed by atoms with E-state index in [0.717, 1.165) is 5.56 Å². The quantitative estimate of drug-likeness (QED) is 0.301. The van der Waals surface area contributed by atoms with Crippen LogP contribution in [0.2, 0.25) is 5.02 Å². The van der Waals surface area contributed by atoms with Crippen molar-refractivity contribution in [3.05, 3.63) is 102 Å². The summed E-state index contributed by atoms with van der Waals surface area (Å²) in [4.78, 5) is 32.0. The highest BCUT2D eigenvalue weighted by Crippen LogP contribution is 2.36. The Balaban J connectivity index is 1.67. The largest absolute Gasteiger partial charge is 0.493 e. The van der Waals surface area contributed by atoms with Gasteiger partial charge in [0.1, 0.15) is 11.5 Å². The third-order valence-corrected chi connectivity index (χ3v) is 7.59. The van der Waals surface area contributed by atoms with Gasteiger partial charge in [0.05, 0.1) is 47.7 Å². The fraction of sp³-hybridized carbons (Fsp3) is 0.207. The van der Waals surface area contributed by atoms with E-state index < -0.39 is 12.0 Å². The first-order chi connectivity index (χ1) is 18.9. The third-order valence-electron chi connectivity index (χ3n) is 6.28. The summed E-state index contributed by atoms with van der Waals surface area (Å²) in [6.45, 7) is 3.65. The molecule has 2 aromatic heterocycles. The Labute approximate surface area is 233 Å². The maximum Gasteiger partial charge on any atom is 0.338 e. The maximum atomic E-state index is 13.8. The molecule has 3 heterocycles. The lowest BCUT2D eigenvalue weighted by molar-refractivity contribution is -0.139. The lowest BCUT2D eigenvalue weighted by Gasteiger charge is -2.25. The second kappa shape index (κ2) is 11.0. The number of esters is 1. The molecule has 8 nitrogen and oxygen atoms in total. The zero-order valence-electron chi connectivity index (χ0n) is 21.7. The van der Waals surface area contributed by atoms with E-state index in [0.29, 0.717) is 48.6 Å². The lowest BCUT2D eigenvalue weighted by Crippen LogP contribution is -2.39. The number of nitrogens with zero attached hydrogens (tertiary/aromatic N) is 2. The van der Waals surface area contributed by atoms with Crippen molar-refractivity contribution >= 4 is 35.0 Å². The molecule has 5 rings (SSSR count). The van der Waals surface area contributed by atoms with Gasteiger partial charge in [0.2, 0.25) is 0 Å². The molecule has 0 unspecified atom stereocenters. The molecule has 0 radical (unpaired) electrons. The Kier molecular flexibility index (Phi) is 7.45. The van der Waals surface area contributed by atoms with Crippen LogP contribution in [0.3, 0.4) is 0 Å². The van der Waals surface area contributed by atoms with Gasteiger partial charge in [-0.25, -0.2) is 9.79 Å². The smallest absolute Gasteiger partial charge is 0.338 e. The summed E-state index contributed by atoms with van der Waals surface area (Å²) in [5.41, 5.74) is 1.84. The van der Waals surface area contributed by atoms with Crippen molar-refractivity contribution in [2.45, 2.75) is 19.9 Å². The van der Waals surface area contributed by atoms with Crippen molar-refractivity contribution < 1.29 is 23.4 Å². The minimum absolute atomic E-state index is 0.185. The number of methoxy groups -OCH3 is 2. The first-order valence-corrected chi connectivity index (χ1v) is 13.3. The number of halogens is 1. The van der Waals surface area contributed by atoms with Gasteiger partial charge in [-0.15, -0.1) is 0 Å². The highest BCUT2D eigenvalue weighted by atomic mass is 35.5. The van der Waals surface area contributed by atoms with Crippen LogP contribution in [0.5, 0.6) is 11.5 Å². The van der Waals surface area contributed by atoms with E-state index in [1.54, 1.807) is 63.4 Å². The van der Waals surface area contributed by atoms with E-state index in [9.17, 15) is 9.59 Å². The van der Waals surface area contributed by atoms with Gasteiger partial charge in [0.25, 0.3) is 5.56 Å². The highest BCUT2D eigenvalue weighted by molar-refractivity contribution is 7.07. The molecule has 0 saturated heterocycles. The molecule has 0 bridgehead atoms. The summed E-state index contributed by atoms with van der Waals surface area (Å²) in [5.74, 6) is 1.53.